The highest BCUT2D eigenvalue weighted by Crippen LogP contribution is 2.08. The fourth-order valence-corrected chi connectivity index (χ4v) is 1.38. The Kier molecular flexibility index (Phi) is 3.75. The average Bonchev–Trinajstić information content (AvgIpc) is 2.20. The molecule has 0 aromatic carbocycles. The molecule has 0 spiro atoms. The van der Waals surface area contributed by atoms with Crippen LogP contribution in [0.1, 0.15) is 12.6 Å². The first-order chi connectivity index (χ1) is 7.56. The highest BCUT2D eigenvalue weighted by Gasteiger charge is 2.17. The predicted molar refractivity (Wildman–Crippen MR) is 54.9 cm³/mol. The lowest BCUT2D eigenvalue weighted by Gasteiger charge is -2.03. The largest absolute Gasteiger partial charge is 0.544 e. The van der Waals surface area contributed by atoms with Crippen molar-refractivity contribution in [3.05, 3.63) is 42.4 Å². The molecule has 4 nitrogen and oxygen atoms in total. The fraction of sp³-hybridized carbons (Fsp3) is 0.167. The molecule has 1 aromatic heterocycles. The van der Waals surface area contributed by atoms with Gasteiger partial charge >= 0.3 is 0 Å². The fourth-order valence-electron chi connectivity index (χ4n) is 1.38. The summed E-state index contributed by atoms with van der Waals surface area (Å²) in [5, 5.41) is 10.5. The number of allylic oxidation sites excluding steroid dienone is 1. The summed E-state index contributed by atoms with van der Waals surface area (Å²) in [5.74, 6) is -1.43. The zero-order chi connectivity index (χ0) is 12.1. The number of aliphatic carboxylic acids is 1. The lowest BCUT2D eigenvalue weighted by atomic mass is 10.1. The first kappa shape index (κ1) is 11.9. The van der Waals surface area contributed by atoms with Crippen LogP contribution >= 0.6 is 0 Å². The van der Waals surface area contributed by atoms with E-state index in [0.717, 1.165) is 0 Å². The first-order valence-corrected chi connectivity index (χ1v) is 4.66. The Morgan fingerprint density at radius 2 is 2.19 bits per heavy atom. The van der Waals surface area contributed by atoms with Crippen LogP contribution in [0.25, 0.3) is 5.57 Å². The molecule has 1 heterocycles. The summed E-state index contributed by atoms with van der Waals surface area (Å²) in [4.78, 5) is 21.8. The summed E-state index contributed by atoms with van der Waals surface area (Å²) in [7, 11) is 0. The maximum Gasteiger partial charge on any atom is 0.224 e. The summed E-state index contributed by atoms with van der Waals surface area (Å²) in [6, 6.07) is 5.02. The van der Waals surface area contributed by atoms with E-state index in [9.17, 15) is 14.7 Å². The van der Waals surface area contributed by atoms with E-state index in [1.165, 1.54) is 11.5 Å². The number of carbonyl (C=O) groups excluding carboxylic acids is 2. The van der Waals surface area contributed by atoms with Gasteiger partial charge in [0.2, 0.25) is 5.69 Å². The van der Waals surface area contributed by atoms with Gasteiger partial charge in [0.05, 0.1) is 0 Å². The molecule has 0 aliphatic heterocycles. The van der Waals surface area contributed by atoms with Crippen molar-refractivity contribution in [3.8, 4) is 0 Å². The second-order valence-electron chi connectivity index (χ2n) is 3.19. The minimum atomic E-state index is -1.22. The molecule has 0 saturated heterocycles. The summed E-state index contributed by atoms with van der Waals surface area (Å²) in [6.07, 6.45) is 1.56. The van der Waals surface area contributed by atoms with Gasteiger partial charge in [-0.15, -0.1) is 5.73 Å². The number of carboxylic acids is 1. The Morgan fingerprint density at radius 3 is 2.69 bits per heavy atom. The van der Waals surface area contributed by atoms with Crippen molar-refractivity contribution in [2.24, 2.45) is 0 Å². The summed E-state index contributed by atoms with van der Waals surface area (Å²) >= 11 is 0. The molecule has 1 aromatic rings. The van der Waals surface area contributed by atoms with Gasteiger partial charge in [-0.2, -0.15) is 4.57 Å². The van der Waals surface area contributed by atoms with Gasteiger partial charge in [-0.25, -0.2) is 0 Å². The van der Waals surface area contributed by atoms with E-state index in [0.29, 0.717) is 5.69 Å². The highest BCUT2D eigenvalue weighted by atomic mass is 16.4. The Labute approximate surface area is 93.2 Å². The molecule has 0 N–H and O–H groups in total. The van der Waals surface area contributed by atoms with Crippen LogP contribution in [0.15, 0.2) is 36.7 Å². The molecule has 16 heavy (non-hydrogen) atoms. The van der Waals surface area contributed by atoms with Gasteiger partial charge in [-0.05, 0) is 6.07 Å². The molecule has 4 heteroatoms. The van der Waals surface area contributed by atoms with E-state index in [-0.39, 0.29) is 17.9 Å². The van der Waals surface area contributed by atoms with Gasteiger partial charge in [0.25, 0.3) is 0 Å². The maximum absolute atomic E-state index is 11.3. The van der Waals surface area contributed by atoms with E-state index in [2.05, 4.69) is 12.3 Å². The predicted octanol–water partition coefficient (Wildman–Crippen LogP) is -0.519. The number of rotatable bonds is 4. The van der Waals surface area contributed by atoms with E-state index < -0.39 is 5.97 Å². The topological polar surface area (TPSA) is 61.1 Å². The standard InChI is InChI=1S/C12H11NO3/c1-3-10(9(2)14)11-6-4-5-7-13(11)8-12(15)16/h4-7H,1,8H2,2H3. The van der Waals surface area contributed by atoms with Crippen molar-refractivity contribution in [1.29, 1.82) is 0 Å². The molecule has 0 aliphatic rings. The molecule has 0 saturated carbocycles. The second kappa shape index (κ2) is 5.05. The molecule has 0 amide bonds. The van der Waals surface area contributed by atoms with Crippen LogP contribution in [0.2, 0.25) is 0 Å². The monoisotopic (exact) mass is 217 g/mol. The number of carbonyl (C=O) groups is 2. The number of hydrogen-bond acceptors (Lipinski definition) is 3. The number of nitrogens with zero attached hydrogens (tertiary/aromatic N) is 1. The molecular formula is C12H11NO3. The molecule has 0 unspecified atom stereocenters. The maximum atomic E-state index is 11.3. The van der Waals surface area contributed by atoms with Gasteiger partial charge in [0.15, 0.2) is 18.5 Å². The number of ketones is 1. The van der Waals surface area contributed by atoms with Crippen LogP contribution in [0.3, 0.4) is 0 Å². The minimum absolute atomic E-state index is 0.215. The molecule has 0 bridgehead atoms. The SMILES string of the molecule is C=C=C(C(C)=O)c1cccc[n+]1CC(=O)[O-]. The second-order valence-corrected chi connectivity index (χ2v) is 3.19. The number of pyridine rings is 1. The van der Waals surface area contributed by atoms with Crippen LogP contribution in [0.5, 0.6) is 0 Å². The van der Waals surface area contributed by atoms with Gasteiger partial charge in [0.1, 0.15) is 11.5 Å². The van der Waals surface area contributed by atoms with Crippen LogP contribution < -0.4 is 9.67 Å². The van der Waals surface area contributed by atoms with Crippen LogP contribution in [-0.2, 0) is 16.1 Å². The quantitative estimate of drug-likeness (QED) is 0.387. The molecule has 0 atom stereocenters. The summed E-state index contributed by atoms with van der Waals surface area (Å²) in [5.41, 5.74) is 3.25. The minimum Gasteiger partial charge on any atom is -0.544 e. The zero-order valence-electron chi connectivity index (χ0n) is 8.90. The number of hydrogen-bond donors (Lipinski definition) is 0. The lowest BCUT2D eigenvalue weighted by molar-refractivity contribution is -0.692. The Morgan fingerprint density at radius 1 is 1.50 bits per heavy atom. The van der Waals surface area contributed by atoms with Crippen molar-refractivity contribution in [2.75, 3.05) is 0 Å². The van der Waals surface area contributed by atoms with Crippen LogP contribution in [-0.4, -0.2) is 11.8 Å². The third-order valence-corrected chi connectivity index (χ3v) is 2.03. The van der Waals surface area contributed by atoms with E-state index in [1.807, 2.05) is 0 Å². The summed E-state index contributed by atoms with van der Waals surface area (Å²) < 4.78 is 1.41. The van der Waals surface area contributed by atoms with Crippen LogP contribution in [0, 0.1) is 0 Å². The Bertz CT molecular complexity index is 485. The van der Waals surface area contributed by atoms with Gasteiger partial charge < -0.3 is 9.90 Å². The van der Waals surface area contributed by atoms with E-state index >= 15 is 0 Å². The zero-order valence-corrected chi connectivity index (χ0v) is 8.90. The van der Waals surface area contributed by atoms with Crippen molar-refractivity contribution in [1.82, 2.24) is 0 Å². The van der Waals surface area contributed by atoms with E-state index in [4.69, 9.17) is 0 Å². The third-order valence-electron chi connectivity index (χ3n) is 2.03. The van der Waals surface area contributed by atoms with Crippen molar-refractivity contribution < 1.29 is 19.3 Å². The third kappa shape index (κ3) is 2.65. The van der Waals surface area contributed by atoms with Crippen LogP contribution in [0.4, 0.5) is 0 Å². The van der Waals surface area contributed by atoms with Gasteiger partial charge in [-0.3, -0.25) is 4.79 Å². The van der Waals surface area contributed by atoms with Crippen molar-refractivity contribution in [3.63, 3.8) is 0 Å². The Hall–Kier alpha value is -2.19. The van der Waals surface area contributed by atoms with Gasteiger partial charge in [0, 0.05) is 19.1 Å². The molecule has 82 valence electrons. The highest BCUT2D eigenvalue weighted by molar-refractivity contribution is 6.18. The normalized spacial score (nSPS) is 9.31. The average molecular weight is 217 g/mol. The number of aromatic nitrogens is 1. The summed E-state index contributed by atoms with van der Waals surface area (Å²) in [6.45, 7) is 4.49. The van der Waals surface area contributed by atoms with Crippen molar-refractivity contribution in [2.45, 2.75) is 13.5 Å². The molecule has 0 radical (unpaired) electrons. The molecule has 1 rings (SSSR count). The lowest BCUT2D eigenvalue weighted by Crippen LogP contribution is -2.46. The Balaban J connectivity index is 3.27. The smallest absolute Gasteiger partial charge is 0.224 e. The first-order valence-electron chi connectivity index (χ1n) is 4.66. The van der Waals surface area contributed by atoms with E-state index in [1.54, 1.807) is 24.4 Å². The number of Topliss-reactive ketones (excluding diaryl/α,β-unsaturated/α-hetero) is 1. The molecule has 0 aliphatic carbocycles. The van der Waals surface area contributed by atoms with Crippen molar-refractivity contribution >= 4 is 17.3 Å². The van der Waals surface area contributed by atoms with Gasteiger partial charge in [-0.1, -0.05) is 6.58 Å². The molecular weight excluding hydrogens is 206 g/mol. The molecule has 0 fully saturated rings. The number of carboxylic acid groups (broad SMARTS) is 1.